The first-order chi connectivity index (χ1) is 7.59. The smallest absolute Gasteiger partial charge is 0.194 e. The van der Waals surface area contributed by atoms with Crippen LogP contribution in [0.2, 0.25) is 0 Å². The van der Waals surface area contributed by atoms with Gasteiger partial charge in [-0.3, -0.25) is 0 Å². The molecule has 1 N–H and O–H groups in total. The Labute approximate surface area is 95.2 Å². The summed E-state index contributed by atoms with van der Waals surface area (Å²) in [5.41, 5.74) is 0. The van der Waals surface area contributed by atoms with E-state index in [9.17, 15) is 8.42 Å². The van der Waals surface area contributed by atoms with Gasteiger partial charge in [0.1, 0.15) is 5.76 Å². The Kier molecular flexibility index (Phi) is 3.30. The number of oxazole rings is 1. The van der Waals surface area contributed by atoms with Gasteiger partial charge in [0.2, 0.25) is 0 Å². The summed E-state index contributed by atoms with van der Waals surface area (Å²) in [4.78, 5) is 4.14. The summed E-state index contributed by atoms with van der Waals surface area (Å²) in [6.45, 7) is 0.649. The van der Waals surface area contributed by atoms with Crippen molar-refractivity contribution in [1.29, 1.82) is 0 Å². The second kappa shape index (κ2) is 4.55. The van der Waals surface area contributed by atoms with E-state index in [4.69, 9.17) is 4.42 Å². The Morgan fingerprint density at radius 1 is 1.62 bits per heavy atom. The Bertz CT molecular complexity index is 452. The highest BCUT2D eigenvalue weighted by atomic mass is 32.2. The van der Waals surface area contributed by atoms with Crippen molar-refractivity contribution in [2.45, 2.75) is 19.4 Å². The molecule has 1 aromatic rings. The maximum atomic E-state index is 11.3. The lowest BCUT2D eigenvalue weighted by molar-refractivity contribution is 0.415. The molecule has 90 valence electrons. The van der Waals surface area contributed by atoms with Crippen LogP contribution < -0.4 is 5.32 Å². The molecular formula is C10H16N2O3S. The lowest BCUT2D eigenvalue weighted by Crippen LogP contribution is -2.07. The van der Waals surface area contributed by atoms with Crippen LogP contribution in [0.25, 0.3) is 0 Å². The van der Waals surface area contributed by atoms with E-state index in [1.54, 1.807) is 6.20 Å². The molecular weight excluding hydrogens is 228 g/mol. The van der Waals surface area contributed by atoms with Crippen molar-refractivity contribution in [2.75, 3.05) is 18.6 Å². The van der Waals surface area contributed by atoms with Crippen LogP contribution in [-0.4, -0.2) is 32.0 Å². The highest BCUT2D eigenvalue weighted by Crippen LogP contribution is 2.22. The molecule has 2 heterocycles. The third kappa shape index (κ3) is 2.82. The maximum absolute atomic E-state index is 11.3. The van der Waals surface area contributed by atoms with Crippen molar-refractivity contribution < 1.29 is 12.8 Å². The molecule has 0 aromatic carbocycles. The molecule has 0 amide bonds. The average molecular weight is 244 g/mol. The monoisotopic (exact) mass is 244 g/mol. The van der Waals surface area contributed by atoms with E-state index < -0.39 is 9.84 Å². The average Bonchev–Trinajstić information content (AvgIpc) is 2.75. The molecule has 5 nitrogen and oxygen atoms in total. The van der Waals surface area contributed by atoms with E-state index in [2.05, 4.69) is 10.3 Å². The third-order valence-corrected chi connectivity index (χ3v) is 4.58. The largest absolute Gasteiger partial charge is 0.444 e. The summed E-state index contributed by atoms with van der Waals surface area (Å²) in [5.74, 6) is 2.19. The highest BCUT2D eigenvalue weighted by Gasteiger charge is 2.28. The van der Waals surface area contributed by atoms with Gasteiger partial charge in [0, 0.05) is 6.42 Å². The first-order valence-corrected chi connectivity index (χ1v) is 7.20. The van der Waals surface area contributed by atoms with Crippen LogP contribution in [0.3, 0.4) is 0 Å². The van der Waals surface area contributed by atoms with Gasteiger partial charge in [-0.1, -0.05) is 0 Å². The Morgan fingerprint density at radius 2 is 2.44 bits per heavy atom. The molecule has 0 aliphatic carbocycles. The second-order valence-electron chi connectivity index (χ2n) is 4.22. The number of rotatable bonds is 4. The number of nitrogens with one attached hydrogen (secondary N) is 1. The minimum Gasteiger partial charge on any atom is -0.444 e. The van der Waals surface area contributed by atoms with Crippen molar-refractivity contribution in [3.05, 3.63) is 17.8 Å². The van der Waals surface area contributed by atoms with E-state index in [-0.39, 0.29) is 11.7 Å². The van der Waals surface area contributed by atoms with Gasteiger partial charge in [0.05, 0.1) is 24.2 Å². The van der Waals surface area contributed by atoms with Crippen LogP contribution in [-0.2, 0) is 22.8 Å². The first-order valence-electron chi connectivity index (χ1n) is 5.37. The predicted octanol–water partition coefficient (Wildman–Crippen LogP) is 0.371. The van der Waals surface area contributed by atoms with Crippen LogP contribution >= 0.6 is 0 Å². The standard InChI is InChI=1S/C10H16N2O3S/c1-11-5-9-6-12-10(15-9)4-8-2-3-16(13,14)7-8/h6,8,11H,2-5,7H2,1H3. The van der Waals surface area contributed by atoms with Crippen LogP contribution in [0.5, 0.6) is 0 Å². The first kappa shape index (κ1) is 11.6. The van der Waals surface area contributed by atoms with Crippen molar-refractivity contribution >= 4 is 9.84 Å². The Morgan fingerprint density at radius 3 is 3.06 bits per heavy atom. The molecule has 2 rings (SSSR count). The minimum absolute atomic E-state index is 0.172. The van der Waals surface area contributed by atoms with Gasteiger partial charge in [0.15, 0.2) is 15.7 Å². The molecule has 16 heavy (non-hydrogen) atoms. The molecule has 1 saturated heterocycles. The minimum atomic E-state index is -2.80. The predicted molar refractivity (Wildman–Crippen MR) is 59.7 cm³/mol. The van der Waals surface area contributed by atoms with Gasteiger partial charge in [-0.25, -0.2) is 13.4 Å². The molecule has 1 aliphatic rings. The summed E-state index contributed by atoms with van der Waals surface area (Å²) in [7, 11) is -0.962. The summed E-state index contributed by atoms with van der Waals surface area (Å²) < 4.78 is 28.0. The van der Waals surface area contributed by atoms with Crippen molar-refractivity contribution in [3.8, 4) is 0 Å². The van der Waals surface area contributed by atoms with Gasteiger partial charge in [0.25, 0.3) is 0 Å². The van der Waals surface area contributed by atoms with Crippen LogP contribution in [0.15, 0.2) is 10.6 Å². The van der Waals surface area contributed by atoms with E-state index >= 15 is 0 Å². The van der Waals surface area contributed by atoms with Crippen molar-refractivity contribution in [2.24, 2.45) is 5.92 Å². The topological polar surface area (TPSA) is 72.2 Å². The lowest BCUT2D eigenvalue weighted by Gasteiger charge is -2.02. The van der Waals surface area contributed by atoms with Gasteiger partial charge in [-0.05, 0) is 19.4 Å². The fourth-order valence-electron chi connectivity index (χ4n) is 1.98. The van der Waals surface area contributed by atoms with E-state index in [1.165, 1.54) is 0 Å². The van der Waals surface area contributed by atoms with E-state index in [0.717, 1.165) is 12.2 Å². The fourth-order valence-corrected chi connectivity index (χ4v) is 3.84. The Balaban J connectivity index is 1.94. The summed E-state index contributed by atoms with van der Waals surface area (Å²) in [5, 5.41) is 2.97. The number of sulfone groups is 1. The number of hydrogen-bond acceptors (Lipinski definition) is 5. The molecule has 0 saturated carbocycles. The van der Waals surface area contributed by atoms with Crippen molar-refractivity contribution in [1.82, 2.24) is 10.3 Å². The van der Waals surface area contributed by atoms with Crippen LogP contribution in [0, 0.1) is 5.92 Å². The quantitative estimate of drug-likeness (QED) is 0.828. The van der Waals surface area contributed by atoms with Crippen LogP contribution in [0.1, 0.15) is 18.1 Å². The van der Waals surface area contributed by atoms with E-state index in [1.807, 2.05) is 7.05 Å². The number of hydrogen-bond donors (Lipinski definition) is 1. The zero-order valence-corrected chi connectivity index (χ0v) is 10.1. The van der Waals surface area contributed by atoms with Gasteiger partial charge in [-0.15, -0.1) is 0 Å². The maximum Gasteiger partial charge on any atom is 0.194 e. The molecule has 6 heteroatoms. The summed E-state index contributed by atoms with van der Waals surface area (Å²) in [6, 6.07) is 0. The number of nitrogens with zero attached hydrogens (tertiary/aromatic N) is 1. The summed E-state index contributed by atoms with van der Waals surface area (Å²) in [6.07, 6.45) is 3.05. The third-order valence-electron chi connectivity index (χ3n) is 2.74. The molecule has 1 aromatic heterocycles. The number of aromatic nitrogens is 1. The molecule has 1 atom stereocenters. The highest BCUT2D eigenvalue weighted by molar-refractivity contribution is 7.91. The Hall–Kier alpha value is -0.880. The molecule has 0 spiro atoms. The molecule has 1 aliphatic heterocycles. The van der Waals surface area contributed by atoms with E-state index in [0.29, 0.717) is 24.6 Å². The molecule has 0 bridgehead atoms. The molecule has 1 unspecified atom stereocenters. The van der Waals surface area contributed by atoms with Gasteiger partial charge in [-0.2, -0.15) is 0 Å². The SMILES string of the molecule is CNCc1cnc(CC2CCS(=O)(=O)C2)o1. The van der Waals surface area contributed by atoms with Gasteiger partial charge >= 0.3 is 0 Å². The van der Waals surface area contributed by atoms with Crippen LogP contribution in [0.4, 0.5) is 0 Å². The molecule has 1 fully saturated rings. The lowest BCUT2D eigenvalue weighted by atomic mass is 10.1. The molecule has 0 radical (unpaired) electrons. The zero-order chi connectivity index (χ0) is 11.6. The fraction of sp³-hybridized carbons (Fsp3) is 0.700. The normalized spacial score (nSPS) is 23.7. The van der Waals surface area contributed by atoms with Gasteiger partial charge < -0.3 is 9.73 Å². The second-order valence-corrected chi connectivity index (χ2v) is 6.45. The zero-order valence-electron chi connectivity index (χ0n) is 9.27. The summed E-state index contributed by atoms with van der Waals surface area (Å²) >= 11 is 0. The van der Waals surface area contributed by atoms with Crippen molar-refractivity contribution in [3.63, 3.8) is 0 Å².